The minimum Gasteiger partial charge on any atom is -0.486 e. The number of hydrogen-bond donors (Lipinski definition) is 1. The van der Waals surface area contributed by atoms with Gasteiger partial charge in [0.1, 0.15) is 32.0 Å². The van der Waals surface area contributed by atoms with Gasteiger partial charge in [-0.2, -0.15) is 0 Å². The Hall–Kier alpha value is -7.93. The van der Waals surface area contributed by atoms with E-state index in [-0.39, 0.29) is 29.2 Å². The van der Waals surface area contributed by atoms with Gasteiger partial charge in [0.2, 0.25) is 0 Å². The molecule has 1 N–H and O–H groups in total. The molecule has 85 heavy (non-hydrogen) atoms. The van der Waals surface area contributed by atoms with Crippen molar-refractivity contribution in [3.05, 3.63) is 151 Å². The number of aryl methyl sites for hydroxylation is 2. The highest BCUT2D eigenvalue weighted by molar-refractivity contribution is 5.95. The molecule has 2 fully saturated rings. The fourth-order valence-electron chi connectivity index (χ4n) is 11.4. The molecular formula is C67H82N6O12. The average Bonchev–Trinajstić information content (AvgIpc) is 3.51. The van der Waals surface area contributed by atoms with Gasteiger partial charge in [0, 0.05) is 99.5 Å². The number of aromatic nitrogens is 2. The average molecular weight is 1160 g/mol. The van der Waals surface area contributed by atoms with Gasteiger partial charge in [-0.15, -0.1) is 0 Å². The van der Waals surface area contributed by atoms with Crippen LogP contribution in [0.5, 0.6) is 23.0 Å². The molecular weight excluding hydrogens is 1080 g/mol. The van der Waals surface area contributed by atoms with Crippen LogP contribution in [0, 0.1) is 13.8 Å². The number of carbonyl (C=O) groups excluding carboxylic acids is 3. The van der Waals surface area contributed by atoms with Crippen molar-refractivity contribution in [2.45, 2.75) is 118 Å². The molecule has 4 aliphatic heterocycles. The summed E-state index contributed by atoms with van der Waals surface area (Å²) in [4.78, 5) is 69.8. The van der Waals surface area contributed by atoms with E-state index in [9.17, 15) is 24.0 Å². The second-order valence-electron chi connectivity index (χ2n) is 23.0. The molecule has 0 atom stereocenters. The molecule has 0 spiro atoms. The third-order valence-corrected chi connectivity index (χ3v) is 15.6. The number of carbonyl (C=O) groups is 3. The van der Waals surface area contributed by atoms with Gasteiger partial charge in [0.15, 0.2) is 23.0 Å². The van der Waals surface area contributed by atoms with Crippen molar-refractivity contribution in [1.82, 2.24) is 29.2 Å². The highest BCUT2D eigenvalue weighted by Crippen LogP contribution is 2.34. The lowest BCUT2D eigenvalue weighted by molar-refractivity contribution is -0.138. The molecule has 6 heterocycles. The summed E-state index contributed by atoms with van der Waals surface area (Å²) in [5.41, 5.74) is 6.99. The van der Waals surface area contributed by atoms with Crippen molar-refractivity contribution >= 4 is 52.0 Å². The third-order valence-electron chi connectivity index (χ3n) is 15.6. The molecule has 4 aliphatic rings. The van der Waals surface area contributed by atoms with Gasteiger partial charge < -0.3 is 62.3 Å². The maximum Gasteiger partial charge on any atom is 0.410 e. The monoisotopic (exact) mass is 1160 g/mol. The molecule has 2 saturated heterocycles. The topological polar surface area (TPSA) is 182 Å². The smallest absolute Gasteiger partial charge is 0.410 e. The maximum absolute atomic E-state index is 13.4. The predicted octanol–water partition coefficient (Wildman–Crippen LogP) is 9.47. The van der Waals surface area contributed by atoms with Crippen molar-refractivity contribution in [3.63, 3.8) is 0 Å². The van der Waals surface area contributed by atoms with Crippen molar-refractivity contribution in [2.75, 3.05) is 78.9 Å². The molecule has 0 bridgehead atoms. The number of rotatable bonds is 18. The zero-order chi connectivity index (χ0) is 60.0. The molecule has 0 saturated carbocycles. The number of fused-ring (bicyclic) bond motifs is 4. The van der Waals surface area contributed by atoms with Gasteiger partial charge in [-0.1, -0.05) is 24.3 Å². The summed E-state index contributed by atoms with van der Waals surface area (Å²) in [6.45, 7) is 23.5. The Bertz CT molecular complexity index is 3510. The highest BCUT2D eigenvalue weighted by atomic mass is 16.6. The number of nitrogens with zero attached hydrogens (tertiary/aromatic N) is 5. The summed E-state index contributed by atoms with van der Waals surface area (Å²) in [6.07, 6.45) is 9.76. The number of esters is 2. The molecule has 0 aliphatic carbocycles. The van der Waals surface area contributed by atoms with Crippen LogP contribution in [0.3, 0.4) is 0 Å². The molecule has 6 aromatic rings. The molecule has 452 valence electrons. The van der Waals surface area contributed by atoms with Crippen LogP contribution in [0.15, 0.2) is 107 Å². The Labute approximate surface area is 497 Å². The van der Waals surface area contributed by atoms with Crippen molar-refractivity contribution in [3.8, 4) is 23.0 Å². The zero-order valence-electron chi connectivity index (χ0n) is 50.3. The van der Waals surface area contributed by atoms with Crippen molar-refractivity contribution in [2.24, 2.45) is 0 Å². The third kappa shape index (κ3) is 16.7. The Kier molecular flexibility index (Phi) is 20.9. The number of ether oxygens (including phenoxy) is 7. The van der Waals surface area contributed by atoms with E-state index >= 15 is 0 Å². The minimum absolute atomic E-state index is 0.00981. The van der Waals surface area contributed by atoms with Gasteiger partial charge >= 0.3 is 18.0 Å². The van der Waals surface area contributed by atoms with Gasteiger partial charge in [0.25, 0.3) is 11.1 Å². The Morgan fingerprint density at radius 1 is 0.588 bits per heavy atom. The van der Waals surface area contributed by atoms with E-state index in [4.69, 9.17) is 33.2 Å². The van der Waals surface area contributed by atoms with Gasteiger partial charge in [-0.25, -0.2) is 14.4 Å². The minimum atomic E-state index is -0.610. The molecule has 2 aromatic heterocycles. The maximum atomic E-state index is 13.4. The first-order chi connectivity index (χ1) is 41.0. The summed E-state index contributed by atoms with van der Waals surface area (Å²) < 4.78 is 42.3. The van der Waals surface area contributed by atoms with E-state index < -0.39 is 11.6 Å². The second-order valence-corrected chi connectivity index (χ2v) is 23.0. The quantitative estimate of drug-likeness (QED) is 0.0488. The summed E-state index contributed by atoms with van der Waals surface area (Å²) in [5.74, 6) is 2.30. The summed E-state index contributed by atoms with van der Waals surface area (Å²) in [5, 5.41) is 5.54. The Morgan fingerprint density at radius 3 is 1.53 bits per heavy atom. The van der Waals surface area contributed by atoms with E-state index in [1.807, 2.05) is 109 Å². The fraction of sp³-hybridized carbons (Fsp3) is 0.448. The van der Waals surface area contributed by atoms with Crippen molar-refractivity contribution < 1.29 is 47.5 Å². The first kappa shape index (κ1) is 61.6. The second kappa shape index (κ2) is 28.8. The first-order valence-electron chi connectivity index (χ1n) is 29.9. The number of benzene rings is 4. The van der Waals surface area contributed by atoms with Crippen LogP contribution in [-0.2, 0) is 50.0 Å². The number of hydrogen-bond acceptors (Lipinski definition) is 15. The van der Waals surface area contributed by atoms with Crippen LogP contribution >= 0.6 is 0 Å². The number of piperidine rings is 2. The van der Waals surface area contributed by atoms with E-state index in [0.29, 0.717) is 77.6 Å². The van der Waals surface area contributed by atoms with Gasteiger partial charge in [-0.3, -0.25) is 9.59 Å². The van der Waals surface area contributed by atoms with Crippen LogP contribution in [0.4, 0.5) is 4.79 Å². The molecule has 4 aromatic carbocycles. The zero-order valence-corrected chi connectivity index (χ0v) is 50.3. The molecule has 10 rings (SSSR count). The summed E-state index contributed by atoms with van der Waals surface area (Å²) >= 11 is 0. The predicted molar refractivity (Wildman–Crippen MR) is 330 cm³/mol. The fourth-order valence-corrected chi connectivity index (χ4v) is 11.4. The number of likely N-dealkylation sites (tertiary alicyclic amines) is 2. The lowest BCUT2D eigenvalue weighted by Gasteiger charge is -2.39. The highest BCUT2D eigenvalue weighted by Gasteiger charge is 2.32. The standard InChI is InChI=1S/C36H45N3O7.C31H37N3O5/c1-6-43-34(41)12-8-27-21-25(2)22-30-29(27)9-11-33(40)38(30)18-17-37-15-13-28(14-16-37)39(35(42)46-36(3,4)5)24-26-7-10-31-32(23-26)45-20-19-44-31;1-3-37-31(36)9-5-24-18-22(2)19-27-26(24)6-8-30(35)34(27)15-14-33-12-10-25(11-13-33)32-21-23-4-7-28-29(20-23)39-17-16-38-28/h7-12,21-23,28H,6,13-20,24H2,1-5H3;4-9,18-20,25,32H,3,10-17,21H2,1-2H3/b12-8+;9-5+. The summed E-state index contributed by atoms with van der Waals surface area (Å²) in [6, 6.07) is 27.4. The molecule has 18 nitrogen and oxygen atoms in total. The van der Waals surface area contributed by atoms with Crippen molar-refractivity contribution in [1.29, 1.82) is 0 Å². The lowest BCUT2D eigenvalue weighted by atomic mass is 10.0. The van der Waals surface area contributed by atoms with E-state index in [1.165, 1.54) is 17.7 Å². The van der Waals surface area contributed by atoms with Crippen LogP contribution in [0.25, 0.3) is 34.0 Å². The molecule has 1 amide bonds. The number of amides is 1. The Balaban J connectivity index is 0.000000206. The normalized spacial score (nSPS) is 15.9. The number of nitrogens with one attached hydrogen (secondary N) is 1. The van der Waals surface area contributed by atoms with Crippen LogP contribution < -0.4 is 35.4 Å². The SMILES string of the molecule is CCOC(=O)/C=C/c1cc(C)cc2c1ccc(=O)n2CCN1CCC(N(Cc2ccc3c(c2)OCCO3)C(=O)OC(C)(C)C)CC1.CCOC(=O)/C=C/c1cc(C)cc2c1ccc(=O)n2CCN1CCC(NCc2ccc3c(c2)OCCO3)CC1. The Morgan fingerprint density at radius 2 is 1.05 bits per heavy atom. The largest absolute Gasteiger partial charge is 0.486 e. The van der Waals surface area contributed by atoms with E-state index in [0.717, 1.165) is 132 Å². The first-order valence-corrected chi connectivity index (χ1v) is 29.9. The number of pyridine rings is 2. The summed E-state index contributed by atoms with van der Waals surface area (Å²) in [7, 11) is 0. The van der Waals surface area contributed by atoms with Crippen LogP contribution in [0.2, 0.25) is 0 Å². The van der Waals surface area contributed by atoms with Crippen LogP contribution in [0.1, 0.15) is 93.7 Å². The van der Waals surface area contributed by atoms with Gasteiger partial charge in [0.05, 0.1) is 24.2 Å². The molecule has 0 unspecified atom stereocenters. The molecule has 0 radical (unpaired) electrons. The molecule has 18 heteroatoms. The van der Waals surface area contributed by atoms with Gasteiger partial charge in [-0.05, 0) is 181 Å². The van der Waals surface area contributed by atoms with E-state index in [2.05, 4.69) is 27.2 Å². The van der Waals surface area contributed by atoms with Crippen LogP contribution in [-0.4, -0.2) is 138 Å². The van der Waals surface area contributed by atoms with E-state index in [1.54, 1.807) is 38.1 Å². The lowest BCUT2D eigenvalue weighted by Crippen LogP contribution is -2.49.